The molecule has 0 saturated heterocycles. The molecule has 3 rings (SSSR count). The Kier molecular flexibility index (Phi) is 10.1. The second-order valence-corrected chi connectivity index (χ2v) is 11.8. The monoisotopic (exact) mass is 576 g/mol. The molecule has 40 heavy (non-hydrogen) atoms. The number of aliphatic hydroxyl groups is 2. The van der Waals surface area contributed by atoms with Crippen LogP contribution in [0.5, 0.6) is 5.75 Å². The number of benzene rings is 1. The van der Waals surface area contributed by atoms with Crippen molar-refractivity contribution < 1.29 is 38.1 Å². The molecule has 0 aliphatic rings. The van der Waals surface area contributed by atoms with E-state index in [0.717, 1.165) is 0 Å². The third-order valence-electron chi connectivity index (χ3n) is 5.45. The van der Waals surface area contributed by atoms with E-state index < -0.39 is 44.7 Å². The lowest BCUT2D eigenvalue weighted by Gasteiger charge is -2.27. The van der Waals surface area contributed by atoms with Crippen LogP contribution in [0, 0.1) is 16.9 Å². The Morgan fingerprint density at radius 2 is 1.93 bits per heavy atom. The molecular weight excluding hydrogens is 543 g/mol. The Bertz CT molecular complexity index is 1370. The number of nitrogens with zero attached hydrogens (tertiary/aromatic N) is 4. The van der Waals surface area contributed by atoms with Crippen molar-refractivity contribution in [2.75, 3.05) is 18.9 Å². The minimum absolute atomic E-state index is 0.121. The molecule has 0 bridgehead atoms. The van der Waals surface area contributed by atoms with E-state index in [1.807, 2.05) is 20.8 Å². The van der Waals surface area contributed by atoms with Crippen LogP contribution in [-0.2, 0) is 23.4 Å². The van der Waals surface area contributed by atoms with Crippen molar-refractivity contribution >= 4 is 25.1 Å². The van der Waals surface area contributed by atoms with Crippen molar-refractivity contribution in [3.05, 3.63) is 54.5 Å². The summed E-state index contributed by atoms with van der Waals surface area (Å²) in [6.45, 7) is 6.52. The summed E-state index contributed by atoms with van der Waals surface area (Å²) in [5.41, 5.74) is 6.04. The quantitative estimate of drug-likeness (QED) is 0.131. The average molecular weight is 577 g/mol. The van der Waals surface area contributed by atoms with Crippen LogP contribution in [0.15, 0.2) is 48.8 Å². The molecule has 0 amide bonds. The number of esters is 1. The summed E-state index contributed by atoms with van der Waals surface area (Å²) < 4.78 is 36.4. The molecular formula is C25H33N6O8P. The number of nitriles is 1. The van der Waals surface area contributed by atoms with Gasteiger partial charge in [-0.05, 0) is 36.6 Å². The first-order chi connectivity index (χ1) is 18.8. The van der Waals surface area contributed by atoms with Crippen molar-refractivity contribution in [2.45, 2.75) is 52.0 Å². The summed E-state index contributed by atoms with van der Waals surface area (Å²) in [7, 11) is -4.34. The van der Waals surface area contributed by atoms with Crippen LogP contribution in [0.25, 0.3) is 5.52 Å². The van der Waals surface area contributed by atoms with Crippen molar-refractivity contribution in [1.29, 1.82) is 5.26 Å². The molecule has 5 atom stereocenters. The molecule has 0 aliphatic heterocycles. The van der Waals surface area contributed by atoms with E-state index in [0.29, 0.717) is 5.52 Å². The number of ether oxygens (including phenoxy) is 2. The van der Waals surface area contributed by atoms with Gasteiger partial charge in [-0.3, -0.25) is 9.32 Å². The summed E-state index contributed by atoms with van der Waals surface area (Å²) in [6, 6.07) is 9.93. The first-order valence-electron chi connectivity index (χ1n) is 12.3. The number of nitrogens with two attached hydrogens (primary N) is 1. The molecule has 2 aromatic heterocycles. The van der Waals surface area contributed by atoms with E-state index >= 15 is 0 Å². The zero-order chi connectivity index (χ0) is 29.5. The normalized spacial score (nSPS) is 16.2. The fourth-order valence-electron chi connectivity index (χ4n) is 3.43. The standard InChI is InChI=1S/C25H33N6O8P/c1-16(24(34)36-13-25(2,3)4)30-40(35,39-17-8-6-5-7-9-17)38-12-20(37-14-26)22(33)21(32)18-10-11-19-23(27)28-15-29-31(18)19/h5-11,15-16,20-22,32-33H,12-13H2,1-4H3,(H,30,35)(H2,27,28,29)/t16-,20+,21-,22+,40?/m0/s1. The number of carbonyl (C=O) groups excluding carboxylic acids is 1. The lowest BCUT2D eigenvalue weighted by atomic mass is 9.99. The van der Waals surface area contributed by atoms with Gasteiger partial charge in [-0.1, -0.05) is 39.0 Å². The van der Waals surface area contributed by atoms with E-state index in [9.17, 15) is 24.8 Å². The number of aromatic nitrogens is 3. The number of nitrogen functional groups attached to an aromatic ring is 1. The molecule has 0 saturated carbocycles. The molecule has 1 aromatic carbocycles. The maximum atomic E-state index is 13.8. The van der Waals surface area contributed by atoms with Crippen LogP contribution >= 0.6 is 7.75 Å². The summed E-state index contributed by atoms with van der Waals surface area (Å²) in [5.74, 6) is -0.391. The summed E-state index contributed by atoms with van der Waals surface area (Å²) in [6.07, 6.45) is -2.28. The van der Waals surface area contributed by atoms with Gasteiger partial charge in [0.05, 0.1) is 18.9 Å². The minimum atomic E-state index is -4.34. The molecule has 5 N–H and O–H groups in total. The van der Waals surface area contributed by atoms with E-state index in [4.69, 9.17) is 24.3 Å². The fourth-order valence-corrected chi connectivity index (χ4v) is 4.93. The SMILES string of the molecule is C[C@H](NP(=O)(OC[C@@H](OC#N)[C@@H](O)[C@@H](O)c1ccc2c(N)ncnn12)Oc1ccccc1)C(=O)OCC(C)(C)C. The van der Waals surface area contributed by atoms with Crippen molar-refractivity contribution in [1.82, 2.24) is 19.7 Å². The highest BCUT2D eigenvalue weighted by Gasteiger charge is 2.37. The Balaban J connectivity index is 1.79. The van der Waals surface area contributed by atoms with E-state index in [2.05, 4.69) is 15.2 Å². The first kappa shape index (κ1) is 30.8. The predicted octanol–water partition coefficient (Wildman–Crippen LogP) is 2.34. The Morgan fingerprint density at radius 3 is 2.58 bits per heavy atom. The number of aliphatic hydroxyl groups excluding tert-OH is 2. The van der Waals surface area contributed by atoms with Crippen LogP contribution in [0.4, 0.5) is 5.82 Å². The van der Waals surface area contributed by atoms with E-state index in [-0.39, 0.29) is 29.3 Å². The number of hydrogen-bond acceptors (Lipinski definition) is 12. The highest BCUT2D eigenvalue weighted by atomic mass is 31.2. The second kappa shape index (κ2) is 13.1. The van der Waals surface area contributed by atoms with E-state index in [1.54, 1.807) is 24.3 Å². The van der Waals surface area contributed by atoms with Gasteiger partial charge < -0.3 is 29.9 Å². The Labute approximate surface area is 231 Å². The predicted molar refractivity (Wildman–Crippen MR) is 142 cm³/mol. The number of rotatable bonds is 13. The molecule has 3 aromatic rings. The Hall–Kier alpha value is -3.73. The third-order valence-corrected chi connectivity index (χ3v) is 7.10. The zero-order valence-corrected chi connectivity index (χ0v) is 23.4. The minimum Gasteiger partial charge on any atom is -0.464 e. The number of anilines is 1. The van der Waals surface area contributed by atoms with Crippen LogP contribution < -0.4 is 15.3 Å². The van der Waals surface area contributed by atoms with Gasteiger partial charge in [-0.15, -0.1) is 0 Å². The molecule has 14 nitrogen and oxygen atoms in total. The third kappa shape index (κ3) is 8.14. The van der Waals surface area contributed by atoms with Gasteiger partial charge in [0, 0.05) is 0 Å². The summed E-state index contributed by atoms with van der Waals surface area (Å²) in [4.78, 5) is 16.4. The maximum absolute atomic E-state index is 13.8. The molecule has 216 valence electrons. The zero-order valence-electron chi connectivity index (χ0n) is 22.5. The number of hydrogen-bond donors (Lipinski definition) is 4. The van der Waals surface area contributed by atoms with Gasteiger partial charge in [0.25, 0.3) is 6.26 Å². The highest BCUT2D eigenvalue weighted by Crippen LogP contribution is 2.45. The van der Waals surface area contributed by atoms with Crippen LogP contribution in [0.2, 0.25) is 0 Å². The first-order valence-corrected chi connectivity index (χ1v) is 13.8. The number of nitrogens with one attached hydrogen (secondary N) is 1. The molecule has 2 heterocycles. The Morgan fingerprint density at radius 1 is 1.23 bits per heavy atom. The lowest BCUT2D eigenvalue weighted by molar-refractivity contribution is -0.148. The number of para-hydroxylation sites is 1. The summed E-state index contributed by atoms with van der Waals surface area (Å²) in [5, 5.41) is 37.5. The smallest absolute Gasteiger partial charge is 0.459 e. The maximum Gasteiger partial charge on any atom is 0.459 e. The summed E-state index contributed by atoms with van der Waals surface area (Å²) >= 11 is 0. The molecule has 0 aliphatic carbocycles. The molecule has 15 heteroatoms. The van der Waals surface area contributed by atoms with Gasteiger partial charge in [-0.2, -0.15) is 15.4 Å². The second-order valence-electron chi connectivity index (χ2n) is 10.1. The molecule has 0 spiro atoms. The van der Waals surface area contributed by atoms with Crippen molar-refractivity contribution in [3.63, 3.8) is 0 Å². The van der Waals surface area contributed by atoms with Crippen LogP contribution in [-0.4, -0.2) is 62.2 Å². The molecule has 0 fully saturated rings. The van der Waals surface area contributed by atoms with Crippen molar-refractivity contribution in [3.8, 4) is 12.0 Å². The number of fused-ring (bicyclic) bond motifs is 1. The fraction of sp³-hybridized carbons (Fsp3) is 0.440. The van der Waals surface area contributed by atoms with Gasteiger partial charge in [0.1, 0.15) is 35.8 Å². The molecule has 1 unspecified atom stereocenters. The topological polar surface area (TPSA) is 204 Å². The largest absolute Gasteiger partial charge is 0.464 e. The number of carbonyl (C=O) groups is 1. The van der Waals surface area contributed by atoms with Gasteiger partial charge in [-0.25, -0.2) is 14.1 Å². The van der Waals surface area contributed by atoms with Crippen molar-refractivity contribution in [2.24, 2.45) is 5.41 Å². The van der Waals surface area contributed by atoms with Crippen LogP contribution in [0.1, 0.15) is 39.5 Å². The van der Waals surface area contributed by atoms with Crippen LogP contribution in [0.3, 0.4) is 0 Å². The lowest BCUT2D eigenvalue weighted by Crippen LogP contribution is -2.40. The molecule has 0 radical (unpaired) electrons. The van der Waals surface area contributed by atoms with Gasteiger partial charge >= 0.3 is 13.7 Å². The van der Waals surface area contributed by atoms with E-state index in [1.165, 1.54) is 42.2 Å². The highest BCUT2D eigenvalue weighted by molar-refractivity contribution is 7.52. The van der Waals surface area contributed by atoms with Gasteiger partial charge in [0.15, 0.2) is 11.9 Å². The average Bonchev–Trinajstić information content (AvgIpc) is 3.34. The van der Waals surface area contributed by atoms with Gasteiger partial charge in [0.2, 0.25) is 0 Å².